The molecule has 4 rings (SSSR count). The van der Waals surface area contributed by atoms with Crippen LogP contribution in [-0.2, 0) is 19.1 Å². The molecule has 1 aliphatic heterocycles. The van der Waals surface area contributed by atoms with E-state index in [0.29, 0.717) is 23.7 Å². The summed E-state index contributed by atoms with van der Waals surface area (Å²) < 4.78 is 16.6. The number of benzene rings is 1. The Kier molecular flexibility index (Phi) is 4.59. The van der Waals surface area contributed by atoms with E-state index in [-0.39, 0.29) is 5.57 Å². The molecule has 0 bridgehead atoms. The van der Waals surface area contributed by atoms with Crippen LogP contribution < -0.4 is 0 Å². The quantitative estimate of drug-likeness (QED) is 0.448. The number of ether oxygens (including phenoxy) is 2. The third-order valence-electron chi connectivity index (χ3n) is 4.46. The second-order valence-electron chi connectivity index (χ2n) is 6.38. The SMILES string of the molecule is O=C1OC2(CCCCC2)OC(=O)C1=Cc1ccc(Sc2ccccc2)o1. The Morgan fingerprint density at radius 3 is 2.27 bits per heavy atom. The maximum absolute atomic E-state index is 12.3. The fraction of sp³-hybridized carbons (Fsp3) is 0.300. The van der Waals surface area contributed by atoms with Crippen molar-refractivity contribution in [2.75, 3.05) is 0 Å². The van der Waals surface area contributed by atoms with E-state index in [9.17, 15) is 9.59 Å². The second-order valence-corrected chi connectivity index (χ2v) is 7.46. The largest absolute Gasteiger partial charge is 0.450 e. The van der Waals surface area contributed by atoms with Crippen LogP contribution in [0.5, 0.6) is 0 Å². The van der Waals surface area contributed by atoms with E-state index in [1.165, 1.54) is 17.8 Å². The van der Waals surface area contributed by atoms with E-state index in [1.54, 1.807) is 12.1 Å². The number of rotatable bonds is 3. The standard InChI is InChI=1S/C20H18O5S/c21-18-16(19(22)25-20(24-18)11-5-2-6-12-20)13-14-9-10-17(23-14)26-15-7-3-1-4-8-15/h1,3-4,7-10,13H,2,5-6,11-12H2. The summed E-state index contributed by atoms with van der Waals surface area (Å²) in [5.41, 5.74) is -0.133. The first-order chi connectivity index (χ1) is 12.6. The summed E-state index contributed by atoms with van der Waals surface area (Å²) in [6.07, 6.45) is 5.35. The van der Waals surface area contributed by atoms with Gasteiger partial charge < -0.3 is 13.9 Å². The predicted molar refractivity (Wildman–Crippen MR) is 95.3 cm³/mol. The highest BCUT2D eigenvalue weighted by atomic mass is 32.2. The summed E-state index contributed by atoms with van der Waals surface area (Å²) in [6, 6.07) is 13.3. The van der Waals surface area contributed by atoms with Crippen molar-refractivity contribution in [2.24, 2.45) is 0 Å². The lowest BCUT2D eigenvalue weighted by atomic mass is 9.93. The number of carbonyl (C=O) groups excluding carboxylic acids is 2. The van der Waals surface area contributed by atoms with Crippen molar-refractivity contribution in [3.05, 3.63) is 53.8 Å². The minimum absolute atomic E-state index is 0.133. The summed E-state index contributed by atoms with van der Waals surface area (Å²) in [6.45, 7) is 0. The lowest BCUT2D eigenvalue weighted by molar-refractivity contribution is -0.244. The zero-order valence-corrected chi connectivity index (χ0v) is 14.9. The van der Waals surface area contributed by atoms with Crippen LogP contribution in [0.4, 0.5) is 0 Å². The summed E-state index contributed by atoms with van der Waals surface area (Å²) in [5.74, 6) is -1.94. The highest BCUT2D eigenvalue weighted by molar-refractivity contribution is 7.99. The zero-order chi connectivity index (χ0) is 18.0. The van der Waals surface area contributed by atoms with Crippen molar-refractivity contribution in [2.45, 2.75) is 47.9 Å². The van der Waals surface area contributed by atoms with Gasteiger partial charge in [0.15, 0.2) is 5.09 Å². The average Bonchev–Trinajstić information content (AvgIpc) is 3.07. The lowest BCUT2D eigenvalue weighted by Crippen LogP contribution is -2.47. The minimum Gasteiger partial charge on any atom is -0.450 e. The van der Waals surface area contributed by atoms with Gasteiger partial charge in [0.2, 0.25) is 0 Å². The molecule has 1 spiro atoms. The topological polar surface area (TPSA) is 65.7 Å². The molecule has 5 nitrogen and oxygen atoms in total. The molecule has 2 heterocycles. The van der Waals surface area contributed by atoms with E-state index in [0.717, 1.165) is 24.2 Å². The summed E-state index contributed by atoms with van der Waals surface area (Å²) in [7, 11) is 0. The normalized spacial score (nSPS) is 19.2. The van der Waals surface area contributed by atoms with Gasteiger partial charge >= 0.3 is 11.9 Å². The Hall–Kier alpha value is -2.47. The van der Waals surface area contributed by atoms with Gasteiger partial charge in [-0.2, -0.15) is 0 Å². The molecule has 0 amide bonds. The molecule has 1 saturated heterocycles. The molecule has 134 valence electrons. The average molecular weight is 370 g/mol. The first-order valence-electron chi connectivity index (χ1n) is 8.65. The van der Waals surface area contributed by atoms with Crippen LogP contribution >= 0.6 is 11.8 Å². The monoisotopic (exact) mass is 370 g/mol. The van der Waals surface area contributed by atoms with Crippen LogP contribution in [0.3, 0.4) is 0 Å². The predicted octanol–water partition coefficient (Wildman–Crippen LogP) is 4.57. The molecule has 26 heavy (non-hydrogen) atoms. The first-order valence-corrected chi connectivity index (χ1v) is 9.46. The number of hydrogen-bond donors (Lipinski definition) is 0. The Morgan fingerprint density at radius 1 is 0.885 bits per heavy atom. The van der Waals surface area contributed by atoms with Crippen molar-refractivity contribution in [3.63, 3.8) is 0 Å². The molecule has 2 fully saturated rings. The smallest absolute Gasteiger partial charge is 0.349 e. The van der Waals surface area contributed by atoms with Crippen molar-refractivity contribution < 1.29 is 23.5 Å². The van der Waals surface area contributed by atoms with E-state index in [2.05, 4.69) is 0 Å². The van der Waals surface area contributed by atoms with E-state index in [1.807, 2.05) is 30.3 Å². The maximum Gasteiger partial charge on any atom is 0.349 e. The van der Waals surface area contributed by atoms with Gasteiger partial charge in [-0.25, -0.2) is 9.59 Å². The van der Waals surface area contributed by atoms with Crippen molar-refractivity contribution in [1.82, 2.24) is 0 Å². The van der Waals surface area contributed by atoms with Crippen LogP contribution in [0.1, 0.15) is 37.9 Å². The fourth-order valence-electron chi connectivity index (χ4n) is 3.18. The molecule has 1 aliphatic carbocycles. The van der Waals surface area contributed by atoms with Crippen LogP contribution in [0.25, 0.3) is 6.08 Å². The molecule has 1 aromatic carbocycles. The van der Waals surface area contributed by atoms with Crippen LogP contribution in [-0.4, -0.2) is 17.7 Å². The van der Waals surface area contributed by atoms with Gasteiger partial charge in [-0.05, 0) is 37.1 Å². The number of carbonyl (C=O) groups is 2. The third kappa shape index (κ3) is 3.55. The molecule has 1 saturated carbocycles. The number of furan rings is 1. The molecule has 6 heteroatoms. The molecule has 0 N–H and O–H groups in total. The second kappa shape index (κ2) is 7.03. The van der Waals surface area contributed by atoms with Crippen LogP contribution in [0.15, 0.2) is 62.4 Å². The summed E-state index contributed by atoms with van der Waals surface area (Å²) in [4.78, 5) is 25.7. The van der Waals surface area contributed by atoms with E-state index in [4.69, 9.17) is 13.9 Å². The highest BCUT2D eigenvalue weighted by Crippen LogP contribution is 2.37. The minimum atomic E-state index is -1.07. The molecule has 1 aromatic heterocycles. The van der Waals surface area contributed by atoms with Crippen LogP contribution in [0.2, 0.25) is 0 Å². The van der Waals surface area contributed by atoms with Crippen molar-refractivity contribution in [1.29, 1.82) is 0 Å². The summed E-state index contributed by atoms with van der Waals surface area (Å²) in [5, 5.41) is 0.671. The van der Waals surface area contributed by atoms with Gasteiger partial charge in [0.1, 0.15) is 11.3 Å². The van der Waals surface area contributed by atoms with Gasteiger partial charge in [-0.15, -0.1) is 0 Å². The first kappa shape index (κ1) is 17.0. The van der Waals surface area contributed by atoms with Gasteiger partial charge in [0.25, 0.3) is 5.79 Å². The third-order valence-corrected chi connectivity index (χ3v) is 5.39. The molecule has 2 aliphatic rings. The Labute approximate surface area is 155 Å². The zero-order valence-electron chi connectivity index (χ0n) is 14.1. The molecular weight excluding hydrogens is 352 g/mol. The van der Waals surface area contributed by atoms with Gasteiger partial charge in [-0.1, -0.05) is 36.4 Å². The van der Waals surface area contributed by atoms with E-state index < -0.39 is 17.7 Å². The molecule has 0 unspecified atom stereocenters. The van der Waals surface area contributed by atoms with Crippen molar-refractivity contribution >= 4 is 29.8 Å². The van der Waals surface area contributed by atoms with Crippen LogP contribution in [0, 0.1) is 0 Å². The fourth-order valence-corrected chi connectivity index (χ4v) is 3.98. The Morgan fingerprint density at radius 2 is 1.58 bits per heavy atom. The molecular formula is C20H18O5S. The van der Waals surface area contributed by atoms with Gasteiger partial charge in [0.05, 0.1) is 0 Å². The van der Waals surface area contributed by atoms with Gasteiger partial charge in [0, 0.05) is 23.8 Å². The van der Waals surface area contributed by atoms with Gasteiger partial charge in [-0.3, -0.25) is 0 Å². The Bertz CT molecular complexity index is 824. The van der Waals surface area contributed by atoms with E-state index >= 15 is 0 Å². The highest BCUT2D eigenvalue weighted by Gasteiger charge is 2.46. The summed E-state index contributed by atoms with van der Waals surface area (Å²) >= 11 is 1.46. The van der Waals surface area contributed by atoms with Crippen molar-refractivity contribution in [3.8, 4) is 0 Å². The molecule has 2 aromatic rings. The number of hydrogen-bond acceptors (Lipinski definition) is 6. The lowest BCUT2D eigenvalue weighted by Gasteiger charge is -2.38. The molecule has 0 radical (unpaired) electrons. The number of esters is 2. The Balaban J connectivity index is 1.50. The molecule has 0 atom stereocenters. The maximum atomic E-state index is 12.3.